The fourth-order valence-electron chi connectivity index (χ4n) is 2.59. The van der Waals surface area contributed by atoms with Gasteiger partial charge in [-0.3, -0.25) is 9.59 Å². The van der Waals surface area contributed by atoms with Gasteiger partial charge in [-0.15, -0.1) is 0 Å². The Balaban J connectivity index is 1.77. The average Bonchev–Trinajstić information content (AvgIpc) is 3.24. The summed E-state index contributed by atoms with van der Waals surface area (Å²) in [6.45, 7) is 4.44. The molecule has 0 bridgehead atoms. The lowest BCUT2D eigenvalue weighted by Gasteiger charge is -2.13. The number of hydrogen-bond donors (Lipinski definition) is 2. The number of ether oxygens (including phenoxy) is 1. The molecular weight excluding hydrogens is 356 g/mol. The number of carbonyl (C=O) groups excluding carboxylic acids is 2. The summed E-state index contributed by atoms with van der Waals surface area (Å²) < 4.78 is 10.8. The molecule has 6 heteroatoms. The van der Waals surface area contributed by atoms with E-state index in [4.69, 9.17) is 9.15 Å². The third kappa shape index (κ3) is 4.59. The second-order valence-corrected chi connectivity index (χ2v) is 6.26. The van der Waals surface area contributed by atoms with Gasteiger partial charge in [0.2, 0.25) is 0 Å². The Morgan fingerprint density at radius 1 is 0.964 bits per heavy atom. The van der Waals surface area contributed by atoms with Crippen LogP contribution in [0, 0.1) is 6.92 Å². The number of amides is 2. The maximum atomic E-state index is 12.7. The first-order valence-corrected chi connectivity index (χ1v) is 9.07. The molecule has 2 aromatic carbocycles. The molecule has 28 heavy (non-hydrogen) atoms. The number of furan rings is 1. The molecule has 0 aliphatic carbocycles. The zero-order valence-corrected chi connectivity index (χ0v) is 15.8. The summed E-state index contributed by atoms with van der Waals surface area (Å²) >= 11 is 0. The van der Waals surface area contributed by atoms with Crippen LogP contribution in [0.25, 0.3) is 0 Å². The van der Waals surface area contributed by atoms with Crippen molar-refractivity contribution in [1.82, 2.24) is 0 Å². The summed E-state index contributed by atoms with van der Waals surface area (Å²) in [4.78, 5) is 24.9. The van der Waals surface area contributed by atoms with Crippen LogP contribution in [0.4, 0.5) is 11.4 Å². The van der Waals surface area contributed by atoms with Gasteiger partial charge < -0.3 is 19.8 Å². The number of aryl methyl sites for hydroxylation is 1. The normalized spacial score (nSPS) is 10.4. The molecule has 1 aromatic heterocycles. The summed E-state index contributed by atoms with van der Waals surface area (Å²) in [7, 11) is 0. The summed E-state index contributed by atoms with van der Waals surface area (Å²) in [5, 5.41) is 5.64. The van der Waals surface area contributed by atoms with E-state index in [0.29, 0.717) is 29.3 Å². The molecule has 0 aliphatic heterocycles. The van der Waals surface area contributed by atoms with Gasteiger partial charge in [0.05, 0.1) is 18.6 Å². The summed E-state index contributed by atoms with van der Waals surface area (Å²) in [5.74, 6) is 0.164. The molecule has 0 saturated heterocycles. The first-order chi connectivity index (χ1) is 13.6. The lowest BCUT2D eigenvalue weighted by Crippen LogP contribution is -2.15. The van der Waals surface area contributed by atoms with Gasteiger partial charge in [-0.25, -0.2) is 0 Å². The van der Waals surface area contributed by atoms with E-state index < -0.39 is 0 Å². The van der Waals surface area contributed by atoms with Gasteiger partial charge in [0.1, 0.15) is 5.75 Å². The van der Waals surface area contributed by atoms with E-state index in [1.54, 1.807) is 36.4 Å². The average molecular weight is 378 g/mol. The minimum Gasteiger partial charge on any atom is -0.491 e. The molecular formula is C22H22N2O4. The molecule has 1 heterocycles. The van der Waals surface area contributed by atoms with Crippen molar-refractivity contribution in [1.29, 1.82) is 0 Å². The Morgan fingerprint density at radius 3 is 2.50 bits per heavy atom. The fourth-order valence-corrected chi connectivity index (χ4v) is 2.59. The predicted octanol–water partition coefficient (Wildman–Crippen LogP) is 4.88. The Bertz CT molecular complexity index is 964. The summed E-state index contributed by atoms with van der Waals surface area (Å²) in [6.07, 6.45) is 2.31. The Morgan fingerprint density at radius 2 is 1.75 bits per heavy atom. The van der Waals surface area contributed by atoms with Crippen molar-refractivity contribution < 1.29 is 18.7 Å². The molecule has 3 aromatic rings. The first kappa shape index (κ1) is 19.2. The fraction of sp³-hybridized carbons (Fsp3) is 0.182. The Labute approximate surface area is 163 Å². The van der Waals surface area contributed by atoms with E-state index in [1.807, 2.05) is 32.0 Å². The van der Waals surface area contributed by atoms with Gasteiger partial charge in [-0.2, -0.15) is 0 Å². The quantitative estimate of drug-likeness (QED) is 0.614. The predicted molar refractivity (Wildman–Crippen MR) is 108 cm³/mol. The van der Waals surface area contributed by atoms with Crippen LogP contribution >= 0.6 is 0 Å². The monoisotopic (exact) mass is 378 g/mol. The number of rotatable bonds is 7. The molecule has 0 atom stereocenters. The van der Waals surface area contributed by atoms with Crippen LogP contribution in [0.15, 0.2) is 65.3 Å². The maximum absolute atomic E-state index is 12.7. The third-order valence-electron chi connectivity index (χ3n) is 4.09. The minimum atomic E-state index is -0.371. The Hall–Kier alpha value is -3.54. The van der Waals surface area contributed by atoms with Crippen LogP contribution in [0.3, 0.4) is 0 Å². The van der Waals surface area contributed by atoms with Gasteiger partial charge in [0, 0.05) is 11.3 Å². The molecule has 6 nitrogen and oxygen atoms in total. The standard InChI is InChI=1S/C22H22N2O4/c1-3-12-27-19-8-5-4-7-17(19)23-21(25)16-11-10-15(2)18(14-16)24-22(26)20-9-6-13-28-20/h4-11,13-14H,3,12H2,1-2H3,(H,23,25)(H,24,26). The van der Waals surface area contributed by atoms with Crippen molar-refractivity contribution >= 4 is 23.2 Å². The highest BCUT2D eigenvalue weighted by Gasteiger charge is 2.14. The zero-order chi connectivity index (χ0) is 19.9. The lowest BCUT2D eigenvalue weighted by molar-refractivity contribution is 0.0993. The topological polar surface area (TPSA) is 80.6 Å². The van der Waals surface area contributed by atoms with Crippen molar-refractivity contribution in [2.24, 2.45) is 0 Å². The van der Waals surface area contributed by atoms with Gasteiger partial charge in [0.25, 0.3) is 11.8 Å². The number of carbonyl (C=O) groups is 2. The zero-order valence-electron chi connectivity index (χ0n) is 15.8. The van der Waals surface area contributed by atoms with E-state index in [0.717, 1.165) is 12.0 Å². The highest BCUT2D eigenvalue weighted by molar-refractivity contribution is 6.07. The SMILES string of the molecule is CCCOc1ccccc1NC(=O)c1ccc(C)c(NC(=O)c2ccco2)c1. The molecule has 144 valence electrons. The molecule has 0 saturated carbocycles. The van der Waals surface area contributed by atoms with Crippen LogP contribution < -0.4 is 15.4 Å². The van der Waals surface area contributed by atoms with Crippen molar-refractivity contribution in [3.05, 3.63) is 77.7 Å². The van der Waals surface area contributed by atoms with Gasteiger partial charge in [-0.05, 0) is 55.3 Å². The second kappa shape index (κ2) is 8.90. The van der Waals surface area contributed by atoms with E-state index in [1.165, 1.54) is 6.26 Å². The van der Waals surface area contributed by atoms with Crippen LogP contribution in [0.2, 0.25) is 0 Å². The van der Waals surface area contributed by atoms with Crippen molar-refractivity contribution in [2.45, 2.75) is 20.3 Å². The van der Waals surface area contributed by atoms with Crippen LogP contribution in [0.1, 0.15) is 39.8 Å². The highest BCUT2D eigenvalue weighted by atomic mass is 16.5. The summed E-state index contributed by atoms with van der Waals surface area (Å²) in [6, 6.07) is 15.6. The molecule has 0 fully saturated rings. The molecule has 2 N–H and O–H groups in total. The molecule has 0 unspecified atom stereocenters. The number of anilines is 2. The number of nitrogens with one attached hydrogen (secondary N) is 2. The number of hydrogen-bond acceptors (Lipinski definition) is 4. The van der Waals surface area contributed by atoms with Crippen LogP contribution in [0.5, 0.6) is 5.75 Å². The van der Waals surface area contributed by atoms with Crippen LogP contribution in [-0.2, 0) is 0 Å². The summed E-state index contributed by atoms with van der Waals surface area (Å²) in [5.41, 5.74) is 2.40. The number of para-hydroxylation sites is 2. The maximum Gasteiger partial charge on any atom is 0.291 e. The van der Waals surface area contributed by atoms with Gasteiger partial charge >= 0.3 is 0 Å². The third-order valence-corrected chi connectivity index (χ3v) is 4.09. The van der Waals surface area contributed by atoms with Crippen LogP contribution in [-0.4, -0.2) is 18.4 Å². The van der Waals surface area contributed by atoms with Crippen molar-refractivity contribution in [2.75, 3.05) is 17.2 Å². The second-order valence-electron chi connectivity index (χ2n) is 6.26. The first-order valence-electron chi connectivity index (χ1n) is 9.07. The molecule has 0 spiro atoms. The Kier molecular flexibility index (Phi) is 6.11. The molecule has 0 radical (unpaired) electrons. The van der Waals surface area contributed by atoms with E-state index in [-0.39, 0.29) is 17.6 Å². The molecule has 2 amide bonds. The lowest BCUT2D eigenvalue weighted by atomic mass is 10.1. The largest absolute Gasteiger partial charge is 0.491 e. The van der Waals surface area contributed by atoms with Gasteiger partial charge in [-0.1, -0.05) is 25.1 Å². The molecule has 3 rings (SSSR count). The van der Waals surface area contributed by atoms with Crippen molar-refractivity contribution in [3.63, 3.8) is 0 Å². The van der Waals surface area contributed by atoms with E-state index in [9.17, 15) is 9.59 Å². The number of benzene rings is 2. The van der Waals surface area contributed by atoms with Crippen molar-refractivity contribution in [3.8, 4) is 5.75 Å². The highest BCUT2D eigenvalue weighted by Crippen LogP contribution is 2.25. The van der Waals surface area contributed by atoms with E-state index in [2.05, 4.69) is 10.6 Å². The smallest absolute Gasteiger partial charge is 0.291 e. The minimum absolute atomic E-state index is 0.205. The molecule has 0 aliphatic rings. The van der Waals surface area contributed by atoms with E-state index >= 15 is 0 Å². The van der Waals surface area contributed by atoms with Gasteiger partial charge in [0.15, 0.2) is 5.76 Å².